The van der Waals surface area contributed by atoms with Gasteiger partial charge in [0, 0.05) is 6.54 Å². The molecule has 0 spiro atoms. The zero-order valence-corrected chi connectivity index (χ0v) is 10.8. The van der Waals surface area contributed by atoms with Crippen LogP contribution in [0, 0.1) is 6.92 Å². The van der Waals surface area contributed by atoms with Crippen LogP contribution in [-0.4, -0.2) is 12.8 Å². The molecule has 0 aromatic carbocycles. The van der Waals surface area contributed by atoms with Gasteiger partial charge in [0.15, 0.2) is 0 Å². The van der Waals surface area contributed by atoms with Crippen LogP contribution in [0.2, 0.25) is 0 Å². The molecule has 0 aliphatic heterocycles. The van der Waals surface area contributed by atoms with E-state index in [4.69, 9.17) is 4.42 Å². The first-order chi connectivity index (χ1) is 8.76. The maximum absolute atomic E-state index is 5.40. The molecule has 2 nitrogen and oxygen atoms in total. The number of hydrogen-bond donors (Lipinski definition) is 0. The van der Waals surface area contributed by atoms with Gasteiger partial charge in [0.2, 0.25) is 0 Å². The van der Waals surface area contributed by atoms with Crippen molar-refractivity contribution in [2.24, 2.45) is 4.99 Å². The first-order valence-electron chi connectivity index (χ1n) is 5.93. The summed E-state index contributed by atoms with van der Waals surface area (Å²) in [5.74, 6) is 1.70. The van der Waals surface area contributed by atoms with Gasteiger partial charge < -0.3 is 4.42 Å². The van der Waals surface area contributed by atoms with E-state index in [2.05, 4.69) is 18.2 Å². The van der Waals surface area contributed by atoms with E-state index in [1.54, 1.807) is 18.4 Å². The van der Waals surface area contributed by atoms with E-state index in [0.717, 1.165) is 24.5 Å². The zero-order valence-electron chi connectivity index (χ0n) is 10.8. The Morgan fingerprint density at radius 1 is 1.33 bits per heavy atom. The molecule has 0 atom stereocenters. The molecule has 0 amide bonds. The third-order valence-corrected chi connectivity index (χ3v) is 2.29. The molecule has 1 aromatic rings. The minimum Gasteiger partial charge on any atom is -0.460 e. The molecular weight excluding hydrogens is 222 g/mol. The maximum Gasteiger partial charge on any atom is 0.144 e. The van der Waals surface area contributed by atoms with Gasteiger partial charge in [-0.1, -0.05) is 43.5 Å². The second kappa shape index (κ2) is 8.07. The molecule has 0 saturated carbocycles. The summed E-state index contributed by atoms with van der Waals surface area (Å²) in [6, 6.07) is 3.84. The molecule has 2 heteroatoms. The predicted octanol–water partition coefficient (Wildman–Crippen LogP) is 4.25. The van der Waals surface area contributed by atoms with Crippen LogP contribution in [0.4, 0.5) is 0 Å². The van der Waals surface area contributed by atoms with Crippen LogP contribution in [-0.2, 0) is 0 Å². The fourth-order valence-electron chi connectivity index (χ4n) is 1.44. The summed E-state index contributed by atoms with van der Waals surface area (Å²) in [5.41, 5.74) is 1.18. The molecule has 0 bridgehead atoms. The Labute approximate surface area is 109 Å². The van der Waals surface area contributed by atoms with Gasteiger partial charge in [0.05, 0.1) is 6.21 Å². The van der Waals surface area contributed by atoms with E-state index in [9.17, 15) is 0 Å². The number of aliphatic imine (C=N–C) groups is 1. The Balaban J connectivity index is 2.46. The highest BCUT2D eigenvalue weighted by molar-refractivity contribution is 5.75. The lowest BCUT2D eigenvalue weighted by Crippen LogP contribution is -1.86. The topological polar surface area (TPSA) is 25.5 Å². The highest BCUT2D eigenvalue weighted by Gasteiger charge is 1.93. The molecule has 1 aromatic heterocycles. The lowest BCUT2D eigenvalue weighted by atomic mass is 10.1. The van der Waals surface area contributed by atoms with Crippen LogP contribution in [0.5, 0.6) is 0 Å². The van der Waals surface area contributed by atoms with Crippen molar-refractivity contribution in [2.45, 2.75) is 13.3 Å². The van der Waals surface area contributed by atoms with Crippen molar-refractivity contribution in [3.05, 3.63) is 72.8 Å². The Kier molecular flexibility index (Phi) is 6.26. The summed E-state index contributed by atoms with van der Waals surface area (Å²) in [6.07, 6.45) is 12.1. The number of hydrogen-bond acceptors (Lipinski definition) is 2. The minimum atomic E-state index is 0.723. The fraction of sp³-hybridized carbons (Fsp3) is 0.188. The summed E-state index contributed by atoms with van der Waals surface area (Å²) in [5, 5.41) is 0. The van der Waals surface area contributed by atoms with Gasteiger partial charge in [-0.25, -0.2) is 0 Å². The van der Waals surface area contributed by atoms with Gasteiger partial charge in [0.1, 0.15) is 11.5 Å². The summed E-state index contributed by atoms with van der Waals surface area (Å²) < 4.78 is 5.40. The fourth-order valence-corrected chi connectivity index (χ4v) is 1.44. The summed E-state index contributed by atoms with van der Waals surface area (Å²) in [4.78, 5) is 4.33. The van der Waals surface area contributed by atoms with Gasteiger partial charge in [0.25, 0.3) is 0 Å². The van der Waals surface area contributed by atoms with E-state index in [-0.39, 0.29) is 0 Å². The normalized spacial score (nSPS) is 12.4. The second-order valence-electron chi connectivity index (χ2n) is 3.81. The minimum absolute atomic E-state index is 0.723. The average Bonchev–Trinajstić information content (AvgIpc) is 2.77. The van der Waals surface area contributed by atoms with E-state index >= 15 is 0 Å². The lowest BCUT2D eigenvalue weighted by molar-refractivity contribution is 0.528. The van der Waals surface area contributed by atoms with Crippen LogP contribution in [0.25, 0.3) is 0 Å². The third kappa shape index (κ3) is 5.30. The zero-order chi connectivity index (χ0) is 13.2. The van der Waals surface area contributed by atoms with Crippen molar-refractivity contribution >= 4 is 6.21 Å². The van der Waals surface area contributed by atoms with E-state index < -0.39 is 0 Å². The third-order valence-electron chi connectivity index (χ3n) is 2.29. The number of aryl methyl sites for hydroxylation is 1. The maximum atomic E-state index is 5.40. The van der Waals surface area contributed by atoms with Crippen LogP contribution >= 0.6 is 0 Å². The van der Waals surface area contributed by atoms with Crippen LogP contribution in [0.3, 0.4) is 0 Å². The summed E-state index contributed by atoms with van der Waals surface area (Å²) in [6.45, 7) is 9.99. The van der Waals surface area contributed by atoms with E-state index in [1.165, 1.54) is 5.57 Å². The monoisotopic (exact) mass is 241 g/mol. The molecule has 1 heterocycles. The number of rotatable bonds is 7. The molecule has 1 rings (SSSR count). The Bertz CT molecular complexity index is 475. The molecule has 0 aliphatic rings. The average molecular weight is 241 g/mol. The van der Waals surface area contributed by atoms with Crippen molar-refractivity contribution in [1.29, 1.82) is 0 Å². The first-order valence-corrected chi connectivity index (χ1v) is 5.93. The van der Waals surface area contributed by atoms with E-state index in [1.807, 2.05) is 37.3 Å². The Hall–Kier alpha value is -2.09. The van der Waals surface area contributed by atoms with Crippen LogP contribution in [0.15, 0.2) is 70.7 Å². The number of furan rings is 1. The molecule has 0 aliphatic carbocycles. The quantitative estimate of drug-likeness (QED) is 0.517. The van der Waals surface area contributed by atoms with Crippen molar-refractivity contribution in [2.75, 3.05) is 6.54 Å². The predicted molar refractivity (Wildman–Crippen MR) is 78.1 cm³/mol. The van der Waals surface area contributed by atoms with Gasteiger partial charge in [-0.2, -0.15) is 0 Å². The molecule has 94 valence electrons. The van der Waals surface area contributed by atoms with Crippen LogP contribution in [0.1, 0.15) is 17.9 Å². The molecule has 0 radical (unpaired) electrons. The van der Waals surface area contributed by atoms with Crippen molar-refractivity contribution < 1.29 is 4.42 Å². The largest absolute Gasteiger partial charge is 0.460 e. The van der Waals surface area contributed by atoms with Gasteiger partial charge in [-0.05, 0) is 31.1 Å². The molecule has 0 fully saturated rings. The lowest BCUT2D eigenvalue weighted by Gasteiger charge is -1.97. The number of allylic oxidation sites excluding steroid dienone is 5. The SMILES string of the molecule is C=C/C=C\C(=C/C=C)CC/N=C/c1ccc(C)o1. The standard InChI is InChI=1S/C16H19NO/c1-4-6-8-15(7-5-2)11-12-17-13-16-10-9-14(3)18-16/h4-10,13H,1-2,11-12H2,3H3/b8-6-,15-7+,17-13+. The number of nitrogens with zero attached hydrogens (tertiary/aromatic N) is 1. The molecule has 0 unspecified atom stereocenters. The van der Waals surface area contributed by atoms with Crippen molar-refractivity contribution in [3.63, 3.8) is 0 Å². The molecule has 0 saturated heterocycles. The highest BCUT2D eigenvalue weighted by Crippen LogP contribution is 2.06. The summed E-state index contributed by atoms with van der Waals surface area (Å²) >= 11 is 0. The molecule has 0 N–H and O–H groups in total. The highest BCUT2D eigenvalue weighted by atomic mass is 16.3. The Morgan fingerprint density at radius 2 is 2.17 bits per heavy atom. The van der Waals surface area contributed by atoms with Gasteiger partial charge >= 0.3 is 0 Å². The molecule has 18 heavy (non-hydrogen) atoms. The smallest absolute Gasteiger partial charge is 0.144 e. The van der Waals surface area contributed by atoms with Crippen LogP contribution < -0.4 is 0 Å². The van der Waals surface area contributed by atoms with Gasteiger partial charge in [-0.3, -0.25) is 4.99 Å². The Morgan fingerprint density at radius 3 is 2.78 bits per heavy atom. The van der Waals surface area contributed by atoms with Crippen molar-refractivity contribution in [3.8, 4) is 0 Å². The molecular formula is C16H19NO. The van der Waals surface area contributed by atoms with Crippen molar-refractivity contribution in [1.82, 2.24) is 0 Å². The van der Waals surface area contributed by atoms with E-state index in [0.29, 0.717) is 0 Å². The van der Waals surface area contributed by atoms with Gasteiger partial charge in [-0.15, -0.1) is 0 Å². The first kappa shape index (κ1) is 14.0. The summed E-state index contributed by atoms with van der Waals surface area (Å²) in [7, 11) is 0. The second-order valence-corrected chi connectivity index (χ2v) is 3.81.